The van der Waals surface area contributed by atoms with Crippen LogP contribution in [0, 0.1) is 0 Å². The van der Waals surface area contributed by atoms with Crippen LogP contribution < -0.4 is 0 Å². The van der Waals surface area contributed by atoms with Crippen LogP contribution in [0.25, 0.3) is 0 Å². The molecule has 1 fully saturated rings. The van der Waals surface area contributed by atoms with Crippen LogP contribution in [0.3, 0.4) is 0 Å². The first-order valence-corrected chi connectivity index (χ1v) is 9.70. The van der Waals surface area contributed by atoms with Crippen LogP contribution in [-0.2, 0) is 9.59 Å². The zero-order valence-corrected chi connectivity index (χ0v) is 9.52. The van der Waals surface area contributed by atoms with Crippen molar-refractivity contribution < 1.29 is 19.8 Å². The summed E-state index contributed by atoms with van der Waals surface area (Å²) in [5, 5.41) is 17.3. The minimum absolute atomic E-state index is 0.0279. The molecule has 68 valence electrons. The molecule has 12 heavy (non-hydrogen) atoms. The average molecular weight is 302 g/mol. The monoisotopic (exact) mass is 304 g/mol. The second kappa shape index (κ2) is 4.28. The van der Waals surface area contributed by atoms with Crippen molar-refractivity contribution in [3.63, 3.8) is 0 Å². The van der Waals surface area contributed by atoms with Gasteiger partial charge in [0.15, 0.2) is 0 Å². The molecule has 0 saturated carbocycles. The van der Waals surface area contributed by atoms with Crippen molar-refractivity contribution in [2.45, 2.75) is 22.5 Å². The summed E-state index contributed by atoms with van der Waals surface area (Å²) in [5.41, 5.74) is 0. The number of carboxylic acid groups (broad SMARTS) is 2. The number of aliphatic carboxylic acids is 2. The van der Waals surface area contributed by atoms with E-state index in [1.54, 1.807) is 0 Å². The second-order valence-corrected chi connectivity index (χ2v) is 9.82. The Balaban J connectivity index is 2.39. The molecular formula is C6H8O4Se2. The van der Waals surface area contributed by atoms with E-state index < -0.39 is 11.9 Å². The molecule has 1 saturated heterocycles. The van der Waals surface area contributed by atoms with E-state index in [2.05, 4.69) is 0 Å². The predicted molar refractivity (Wildman–Crippen MR) is 43.5 cm³/mol. The van der Waals surface area contributed by atoms with Gasteiger partial charge in [0.1, 0.15) is 0 Å². The molecule has 1 rings (SSSR count). The van der Waals surface area contributed by atoms with Gasteiger partial charge in [-0.3, -0.25) is 0 Å². The first kappa shape index (κ1) is 10.1. The topological polar surface area (TPSA) is 74.6 Å². The Morgan fingerprint density at radius 1 is 1.00 bits per heavy atom. The summed E-state index contributed by atoms with van der Waals surface area (Å²) in [6, 6.07) is 0. The van der Waals surface area contributed by atoms with Gasteiger partial charge in [0.05, 0.1) is 0 Å². The molecule has 0 amide bonds. The van der Waals surface area contributed by atoms with Crippen molar-refractivity contribution in [1.29, 1.82) is 0 Å². The summed E-state index contributed by atoms with van der Waals surface area (Å²) in [7, 11) is 0. The summed E-state index contributed by atoms with van der Waals surface area (Å²) in [6.07, 6.45) is 1.10. The fourth-order valence-electron chi connectivity index (χ4n) is 0.862. The van der Waals surface area contributed by atoms with Crippen molar-refractivity contribution in [2.75, 3.05) is 0 Å². The first-order chi connectivity index (χ1) is 5.61. The molecule has 1 aliphatic heterocycles. The van der Waals surface area contributed by atoms with Gasteiger partial charge in [0.25, 0.3) is 0 Å². The van der Waals surface area contributed by atoms with Crippen LogP contribution in [0.1, 0.15) is 12.8 Å². The molecule has 0 bridgehead atoms. The van der Waals surface area contributed by atoms with Crippen molar-refractivity contribution in [2.24, 2.45) is 0 Å². The van der Waals surface area contributed by atoms with Gasteiger partial charge in [0, 0.05) is 0 Å². The molecule has 0 radical (unpaired) electrons. The summed E-state index contributed by atoms with van der Waals surface area (Å²) in [4.78, 5) is 20.6. The van der Waals surface area contributed by atoms with E-state index in [1.807, 2.05) is 0 Å². The number of hydrogen-bond donors (Lipinski definition) is 2. The molecule has 0 aromatic heterocycles. The third-order valence-electron chi connectivity index (χ3n) is 1.53. The van der Waals surface area contributed by atoms with Crippen LogP contribution >= 0.6 is 0 Å². The Bertz CT molecular complexity index is 176. The molecule has 1 aliphatic rings. The fourth-order valence-corrected chi connectivity index (χ4v) is 9.56. The van der Waals surface area contributed by atoms with Crippen LogP contribution in [0.4, 0.5) is 0 Å². The number of hydrogen-bond acceptors (Lipinski definition) is 2. The first-order valence-electron chi connectivity index (χ1n) is 3.39. The number of carboxylic acids is 2. The van der Waals surface area contributed by atoms with Crippen LogP contribution in [-0.4, -0.2) is 48.4 Å². The Labute approximate surface area is 80.6 Å². The van der Waals surface area contributed by atoms with Crippen molar-refractivity contribution >= 4 is 38.2 Å². The number of carbonyl (C=O) groups is 2. The molecule has 0 aromatic carbocycles. The molecular weight excluding hydrogens is 294 g/mol. The molecule has 0 aliphatic carbocycles. The van der Waals surface area contributed by atoms with E-state index >= 15 is 0 Å². The fraction of sp³-hybridized carbons (Fsp3) is 0.667. The molecule has 2 atom stereocenters. The van der Waals surface area contributed by atoms with E-state index in [0.717, 1.165) is 0 Å². The van der Waals surface area contributed by atoms with Gasteiger partial charge in [-0.25, -0.2) is 0 Å². The standard InChI is InChI=1S/C6H8O4Se2/c7-5(8)3-1-2-4(6(9)10)12-11-3/h3-4H,1-2H2,(H,7,8)(H,9,10)/t3-,4-/m1/s1. The van der Waals surface area contributed by atoms with Gasteiger partial charge >= 0.3 is 80.5 Å². The minimum atomic E-state index is -0.749. The normalized spacial score (nSPS) is 29.7. The summed E-state index contributed by atoms with van der Waals surface area (Å²) in [5.74, 6) is -1.50. The predicted octanol–water partition coefficient (Wildman–Crippen LogP) is -0.150. The Kier molecular flexibility index (Phi) is 3.59. The zero-order chi connectivity index (χ0) is 9.14. The van der Waals surface area contributed by atoms with E-state index in [-0.39, 0.29) is 35.9 Å². The Morgan fingerprint density at radius 3 is 1.50 bits per heavy atom. The average Bonchev–Trinajstić information content (AvgIpc) is 2.04. The number of rotatable bonds is 2. The molecule has 4 nitrogen and oxygen atoms in total. The maximum atomic E-state index is 10.5. The van der Waals surface area contributed by atoms with Gasteiger partial charge in [-0.05, 0) is 0 Å². The zero-order valence-electron chi connectivity index (χ0n) is 6.10. The van der Waals surface area contributed by atoms with Gasteiger partial charge in [0.2, 0.25) is 0 Å². The van der Waals surface area contributed by atoms with Crippen LogP contribution in [0.15, 0.2) is 0 Å². The SMILES string of the molecule is O=C(O)[C@H]1CC[C@H](C(=O)O)[Se][Se]1. The van der Waals surface area contributed by atoms with Crippen LogP contribution in [0.5, 0.6) is 0 Å². The van der Waals surface area contributed by atoms with Crippen molar-refractivity contribution in [3.05, 3.63) is 0 Å². The summed E-state index contributed by atoms with van der Waals surface area (Å²) < 4.78 is 0. The van der Waals surface area contributed by atoms with E-state index in [9.17, 15) is 9.59 Å². The van der Waals surface area contributed by atoms with Gasteiger partial charge in [-0.2, -0.15) is 0 Å². The molecule has 0 unspecified atom stereocenters. The van der Waals surface area contributed by atoms with E-state index in [1.165, 1.54) is 0 Å². The van der Waals surface area contributed by atoms with E-state index in [4.69, 9.17) is 10.2 Å². The van der Waals surface area contributed by atoms with E-state index in [0.29, 0.717) is 12.8 Å². The summed E-state index contributed by atoms with van der Waals surface area (Å²) in [6.45, 7) is 0. The maximum absolute atomic E-state index is 10.5. The molecule has 0 aromatic rings. The Hall–Kier alpha value is -0.0210. The van der Waals surface area contributed by atoms with Crippen molar-refractivity contribution in [3.8, 4) is 0 Å². The Morgan fingerprint density at radius 2 is 1.33 bits per heavy atom. The molecule has 6 heteroatoms. The second-order valence-electron chi connectivity index (χ2n) is 2.42. The third-order valence-corrected chi connectivity index (χ3v) is 10.8. The van der Waals surface area contributed by atoms with Gasteiger partial charge in [-0.1, -0.05) is 0 Å². The quantitative estimate of drug-likeness (QED) is 0.696. The third kappa shape index (κ3) is 2.49. The van der Waals surface area contributed by atoms with Crippen molar-refractivity contribution in [1.82, 2.24) is 0 Å². The molecule has 1 heterocycles. The molecule has 0 spiro atoms. The van der Waals surface area contributed by atoms with Gasteiger partial charge < -0.3 is 0 Å². The van der Waals surface area contributed by atoms with Gasteiger partial charge in [-0.15, -0.1) is 0 Å². The van der Waals surface area contributed by atoms with Crippen LogP contribution in [0.2, 0.25) is 9.63 Å². The summed E-state index contributed by atoms with van der Waals surface area (Å²) >= 11 is 0.0558. The molecule has 2 N–H and O–H groups in total.